The fourth-order valence-corrected chi connectivity index (χ4v) is 3.49. The lowest BCUT2D eigenvalue weighted by atomic mass is 10.2. The van der Waals surface area contributed by atoms with Gasteiger partial charge in [-0.2, -0.15) is 4.31 Å². The lowest BCUT2D eigenvalue weighted by Gasteiger charge is -2.18. The Kier molecular flexibility index (Phi) is 4.56. The van der Waals surface area contributed by atoms with Gasteiger partial charge < -0.3 is 5.32 Å². The number of rotatable bonds is 4. The summed E-state index contributed by atoms with van der Waals surface area (Å²) in [6.45, 7) is -0.232. The monoisotopic (exact) mass is 367 g/mol. The van der Waals surface area contributed by atoms with Crippen molar-refractivity contribution in [3.63, 3.8) is 0 Å². The molecule has 2 aromatic rings. The molecule has 1 N–H and O–H groups in total. The zero-order valence-electron chi connectivity index (χ0n) is 13.8. The second-order valence-electron chi connectivity index (χ2n) is 5.94. The van der Waals surface area contributed by atoms with Crippen molar-refractivity contribution in [2.45, 2.75) is 12.2 Å². The Morgan fingerprint density at radius 3 is 2.56 bits per heavy atom. The minimum Gasteiger partial charge on any atom is -0.349 e. The number of aromatic nitrogens is 3. The molecular weight excluding hydrogens is 349 g/mol. The summed E-state index contributed by atoms with van der Waals surface area (Å²) in [7, 11) is -1.95. The van der Waals surface area contributed by atoms with Gasteiger partial charge in [-0.05, 0) is 12.1 Å². The standard InChI is InChI=1S/C15H18FN5O3S/c1-20-14(22)7-12(10-3-5-17-6-4-10)18-15(20)19-13-9-21(8-11(13)16)25(2,23)24/h3-7,11,13H,8-9H2,1-2H3,(H,18,19)/t11-,13-/m1/s1. The van der Waals surface area contributed by atoms with Gasteiger partial charge in [0.05, 0.1) is 18.0 Å². The van der Waals surface area contributed by atoms with Crippen molar-refractivity contribution < 1.29 is 12.8 Å². The molecule has 0 aliphatic carbocycles. The van der Waals surface area contributed by atoms with Gasteiger partial charge in [0.15, 0.2) is 0 Å². The van der Waals surface area contributed by atoms with Crippen molar-refractivity contribution >= 4 is 16.0 Å². The highest BCUT2D eigenvalue weighted by Gasteiger charge is 2.37. The van der Waals surface area contributed by atoms with Crippen molar-refractivity contribution in [1.29, 1.82) is 0 Å². The van der Waals surface area contributed by atoms with Gasteiger partial charge >= 0.3 is 0 Å². The summed E-state index contributed by atoms with van der Waals surface area (Å²) >= 11 is 0. The van der Waals surface area contributed by atoms with Crippen LogP contribution in [0.5, 0.6) is 0 Å². The van der Waals surface area contributed by atoms with Gasteiger partial charge in [-0.15, -0.1) is 0 Å². The fourth-order valence-electron chi connectivity index (χ4n) is 2.64. The summed E-state index contributed by atoms with van der Waals surface area (Å²) in [5, 5.41) is 2.87. The molecule has 1 fully saturated rings. The molecule has 2 atom stereocenters. The van der Waals surface area contributed by atoms with Gasteiger partial charge in [-0.3, -0.25) is 14.3 Å². The maximum atomic E-state index is 14.2. The van der Waals surface area contributed by atoms with Gasteiger partial charge in [-0.1, -0.05) is 0 Å². The molecule has 8 nitrogen and oxygen atoms in total. The first-order valence-electron chi connectivity index (χ1n) is 7.60. The third kappa shape index (κ3) is 3.69. The fraction of sp³-hybridized carbons (Fsp3) is 0.400. The Morgan fingerprint density at radius 2 is 1.96 bits per heavy atom. The molecule has 3 rings (SSSR count). The molecule has 10 heteroatoms. The van der Waals surface area contributed by atoms with Crippen LogP contribution in [-0.4, -0.2) is 58.8 Å². The minimum atomic E-state index is -3.47. The van der Waals surface area contributed by atoms with Crippen LogP contribution in [-0.2, 0) is 17.1 Å². The molecule has 0 bridgehead atoms. The van der Waals surface area contributed by atoms with E-state index in [-0.39, 0.29) is 24.6 Å². The highest BCUT2D eigenvalue weighted by Crippen LogP contribution is 2.21. The quantitative estimate of drug-likeness (QED) is 0.831. The van der Waals surface area contributed by atoms with Gasteiger partial charge in [0.25, 0.3) is 5.56 Å². The molecule has 1 aliphatic heterocycles. The van der Waals surface area contributed by atoms with E-state index >= 15 is 0 Å². The van der Waals surface area contributed by atoms with E-state index in [0.29, 0.717) is 11.3 Å². The van der Waals surface area contributed by atoms with Crippen molar-refractivity contribution in [3.05, 3.63) is 40.9 Å². The molecule has 2 aromatic heterocycles. The molecule has 0 amide bonds. The number of hydrogen-bond acceptors (Lipinski definition) is 6. The topological polar surface area (TPSA) is 97.2 Å². The molecular formula is C15H18FN5O3S. The normalized spacial score (nSPS) is 21.4. The number of hydrogen-bond donors (Lipinski definition) is 1. The average molecular weight is 367 g/mol. The Morgan fingerprint density at radius 1 is 1.28 bits per heavy atom. The molecule has 1 saturated heterocycles. The molecule has 0 unspecified atom stereocenters. The van der Waals surface area contributed by atoms with E-state index in [9.17, 15) is 17.6 Å². The van der Waals surface area contributed by atoms with E-state index < -0.39 is 22.2 Å². The predicted molar refractivity (Wildman–Crippen MR) is 91.4 cm³/mol. The van der Waals surface area contributed by atoms with Crippen LogP contribution >= 0.6 is 0 Å². The van der Waals surface area contributed by atoms with Crippen LogP contribution < -0.4 is 10.9 Å². The zero-order chi connectivity index (χ0) is 18.2. The first-order valence-corrected chi connectivity index (χ1v) is 9.45. The van der Waals surface area contributed by atoms with Crippen molar-refractivity contribution in [2.24, 2.45) is 7.05 Å². The van der Waals surface area contributed by atoms with Gasteiger partial charge in [-0.25, -0.2) is 17.8 Å². The predicted octanol–water partition coefficient (Wildman–Crippen LogP) is 0.236. The number of sulfonamides is 1. The summed E-state index contributed by atoms with van der Waals surface area (Å²) in [5.41, 5.74) is 0.829. The zero-order valence-corrected chi connectivity index (χ0v) is 14.6. The number of alkyl halides is 1. The molecule has 1 aliphatic rings. The van der Waals surface area contributed by atoms with Gasteiger partial charge in [0, 0.05) is 44.2 Å². The van der Waals surface area contributed by atoms with Crippen LogP contribution in [0.3, 0.4) is 0 Å². The van der Waals surface area contributed by atoms with E-state index in [1.807, 2.05) is 0 Å². The van der Waals surface area contributed by atoms with E-state index in [0.717, 1.165) is 10.6 Å². The number of pyridine rings is 1. The molecule has 0 aromatic carbocycles. The van der Waals surface area contributed by atoms with Crippen LogP contribution in [0.4, 0.5) is 10.3 Å². The average Bonchev–Trinajstić information content (AvgIpc) is 2.93. The molecule has 0 spiro atoms. The molecule has 0 saturated carbocycles. The SMILES string of the molecule is Cn1c(N[C@@H]2CN(S(C)(=O)=O)C[C@H]2F)nc(-c2ccncc2)cc1=O. The van der Waals surface area contributed by atoms with Crippen LogP contribution in [0.25, 0.3) is 11.3 Å². The van der Waals surface area contributed by atoms with Gasteiger partial charge in [0.2, 0.25) is 16.0 Å². The summed E-state index contributed by atoms with van der Waals surface area (Å²) in [5.74, 6) is 0.183. The maximum absolute atomic E-state index is 14.2. The first kappa shape index (κ1) is 17.5. The van der Waals surface area contributed by atoms with Crippen molar-refractivity contribution in [2.75, 3.05) is 24.7 Å². The summed E-state index contributed by atoms with van der Waals surface area (Å²) in [6, 6.07) is 4.03. The van der Waals surface area contributed by atoms with E-state index in [2.05, 4.69) is 15.3 Å². The third-order valence-corrected chi connectivity index (χ3v) is 5.35. The lowest BCUT2D eigenvalue weighted by molar-refractivity contribution is 0.330. The van der Waals surface area contributed by atoms with Crippen LogP contribution in [0.2, 0.25) is 0 Å². The lowest BCUT2D eigenvalue weighted by Crippen LogP contribution is -2.34. The third-order valence-electron chi connectivity index (χ3n) is 4.11. The number of nitrogens with zero attached hydrogens (tertiary/aromatic N) is 4. The Labute approximate surface area is 144 Å². The maximum Gasteiger partial charge on any atom is 0.255 e. The van der Waals surface area contributed by atoms with Crippen LogP contribution in [0.1, 0.15) is 0 Å². The first-order chi connectivity index (χ1) is 11.8. The molecule has 3 heterocycles. The van der Waals surface area contributed by atoms with Crippen molar-refractivity contribution in [3.8, 4) is 11.3 Å². The largest absolute Gasteiger partial charge is 0.349 e. The van der Waals surface area contributed by atoms with Crippen LogP contribution in [0.15, 0.2) is 35.4 Å². The Bertz CT molecular complexity index is 932. The minimum absolute atomic E-state index is 0.0185. The number of nitrogens with one attached hydrogen (secondary N) is 1. The Hall–Kier alpha value is -2.33. The van der Waals surface area contributed by atoms with E-state index in [1.54, 1.807) is 24.5 Å². The highest BCUT2D eigenvalue weighted by atomic mass is 32.2. The van der Waals surface area contributed by atoms with E-state index in [1.165, 1.54) is 17.7 Å². The number of anilines is 1. The molecule has 0 radical (unpaired) electrons. The van der Waals surface area contributed by atoms with E-state index in [4.69, 9.17) is 0 Å². The summed E-state index contributed by atoms with van der Waals surface area (Å²) < 4.78 is 39.7. The van der Waals surface area contributed by atoms with Gasteiger partial charge in [0.1, 0.15) is 6.17 Å². The molecule has 134 valence electrons. The molecule has 25 heavy (non-hydrogen) atoms. The highest BCUT2D eigenvalue weighted by molar-refractivity contribution is 7.88. The second-order valence-corrected chi connectivity index (χ2v) is 7.93. The summed E-state index contributed by atoms with van der Waals surface area (Å²) in [6.07, 6.45) is 2.82. The van der Waals surface area contributed by atoms with Crippen molar-refractivity contribution in [1.82, 2.24) is 18.8 Å². The second kappa shape index (κ2) is 6.52. The summed E-state index contributed by atoms with van der Waals surface area (Å²) in [4.78, 5) is 20.5. The number of halogens is 1. The smallest absolute Gasteiger partial charge is 0.255 e. The van der Waals surface area contributed by atoms with Crippen LogP contribution in [0, 0.1) is 0 Å². The Balaban J connectivity index is 1.90.